The molecule has 4 nitrogen and oxygen atoms in total. The standard InChI is InChI=1S/C20H21FN4/c21-16-3-4-17-15(10-22-18(17)8-16)11-25-6-5-14-9-23-20(7-13-1-2-13)24-19(14)12-25/h3-4,8-10,13,22H,1-2,5-7,11-12H2. The molecule has 3 aromatic rings. The summed E-state index contributed by atoms with van der Waals surface area (Å²) in [6.07, 6.45) is 8.71. The summed E-state index contributed by atoms with van der Waals surface area (Å²) in [7, 11) is 0. The first-order valence-electron chi connectivity index (χ1n) is 9.06. The Labute approximate surface area is 146 Å². The molecule has 1 aliphatic heterocycles. The van der Waals surface area contributed by atoms with Gasteiger partial charge in [-0.05, 0) is 54.5 Å². The Balaban J connectivity index is 1.35. The van der Waals surface area contributed by atoms with Crippen LogP contribution in [0.2, 0.25) is 0 Å². The minimum Gasteiger partial charge on any atom is -0.361 e. The number of nitrogens with zero attached hydrogens (tertiary/aromatic N) is 3. The van der Waals surface area contributed by atoms with Crippen molar-refractivity contribution in [2.45, 2.75) is 38.8 Å². The van der Waals surface area contributed by atoms with Gasteiger partial charge in [-0.3, -0.25) is 4.90 Å². The van der Waals surface area contributed by atoms with Gasteiger partial charge in [0.25, 0.3) is 0 Å². The molecule has 2 aliphatic rings. The monoisotopic (exact) mass is 336 g/mol. The lowest BCUT2D eigenvalue weighted by Crippen LogP contribution is -2.31. The van der Waals surface area contributed by atoms with Gasteiger partial charge in [0.1, 0.15) is 11.6 Å². The van der Waals surface area contributed by atoms with E-state index in [1.807, 2.05) is 18.5 Å². The highest BCUT2D eigenvalue weighted by Gasteiger charge is 2.24. The van der Waals surface area contributed by atoms with Gasteiger partial charge in [-0.15, -0.1) is 0 Å². The summed E-state index contributed by atoms with van der Waals surface area (Å²) >= 11 is 0. The first-order chi connectivity index (χ1) is 12.2. The van der Waals surface area contributed by atoms with Crippen molar-refractivity contribution in [1.82, 2.24) is 19.9 Å². The molecule has 1 aliphatic carbocycles. The summed E-state index contributed by atoms with van der Waals surface area (Å²) < 4.78 is 13.4. The van der Waals surface area contributed by atoms with Crippen molar-refractivity contribution in [2.75, 3.05) is 6.54 Å². The number of H-pyrrole nitrogens is 1. The Morgan fingerprint density at radius 1 is 1.28 bits per heavy atom. The highest BCUT2D eigenvalue weighted by Crippen LogP contribution is 2.32. The lowest BCUT2D eigenvalue weighted by molar-refractivity contribution is 0.241. The number of fused-ring (bicyclic) bond motifs is 2. The second-order valence-corrected chi connectivity index (χ2v) is 7.37. The third-order valence-corrected chi connectivity index (χ3v) is 5.37. The van der Waals surface area contributed by atoms with E-state index in [1.54, 1.807) is 6.07 Å². The Morgan fingerprint density at radius 3 is 3.08 bits per heavy atom. The highest BCUT2D eigenvalue weighted by molar-refractivity contribution is 5.83. The largest absolute Gasteiger partial charge is 0.361 e. The van der Waals surface area contributed by atoms with E-state index in [4.69, 9.17) is 4.98 Å². The lowest BCUT2D eigenvalue weighted by atomic mass is 10.1. The van der Waals surface area contributed by atoms with Crippen LogP contribution in [-0.4, -0.2) is 26.4 Å². The average molecular weight is 336 g/mol. The molecule has 0 atom stereocenters. The van der Waals surface area contributed by atoms with Gasteiger partial charge in [-0.1, -0.05) is 0 Å². The predicted octanol–water partition coefficient (Wildman–Crippen LogP) is 3.61. The van der Waals surface area contributed by atoms with Crippen LogP contribution >= 0.6 is 0 Å². The van der Waals surface area contributed by atoms with Crippen LogP contribution in [0.15, 0.2) is 30.6 Å². The summed E-state index contributed by atoms with van der Waals surface area (Å²) in [6, 6.07) is 4.95. The number of rotatable bonds is 4. The molecule has 0 radical (unpaired) electrons. The Hall–Kier alpha value is -2.27. The molecule has 0 amide bonds. The van der Waals surface area contributed by atoms with Crippen LogP contribution < -0.4 is 0 Å². The fraction of sp³-hybridized carbons (Fsp3) is 0.400. The number of benzene rings is 1. The van der Waals surface area contributed by atoms with Crippen molar-refractivity contribution in [3.63, 3.8) is 0 Å². The molecule has 2 aromatic heterocycles. The second kappa shape index (κ2) is 5.92. The lowest BCUT2D eigenvalue weighted by Gasteiger charge is -2.27. The Kier molecular flexibility index (Phi) is 3.55. The van der Waals surface area contributed by atoms with Gasteiger partial charge in [0, 0.05) is 49.4 Å². The minimum absolute atomic E-state index is 0.201. The maximum absolute atomic E-state index is 13.4. The summed E-state index contributed by atoms with van der Waals surface area (Å²) in [4.78, 5) is 15.0. The first kappa shape index (κ1) is 15.0. The number of hydrogen-bond donors (Lipinski definition) is 1. The molecule has 1 fully saturated rings. The van der Waals surface area contributed by atoms with Crippen LogP contribution in [0.1, 0.15) is 35.5 Å². The molecule has 0 saturated heterocycles. The molecule has 5 rings (SSSR count). The third kappa shape index (κ3) is 3.04. The van der Waals surface area contributed by atoms with Crippen LogP contribution in [0.4, 0.5) is 4.39 Å². The zero-order chi connectivity index (χ0) is 16.8. The summed E-state index contributed by atoms with van der Waals surface area (Å²) in [5.74, 6) is 1.61. The highest BCUT2D eigenvalue weighted by atomic mass is 19.1. The van der Waals surface area contributed by atoms with Gasteiger partial charge in [-0.25, -0.2) is 14.4 Å². The normalized spacial score (nSPS) is 17.8. The van der Waals surface area contributed by atoms with Crippen LogP contribution in [0.25, 0.3) is 10.9 Å². The van der Waals surface area contributed by atoms with Crippen LogP contribution in [-0.2, 0) is 25.9 Å². The maximum atomic E-state index is 13.4. The number of halogens is 1. The topological polar surface area (TPSA) is 44.8 Å². The molecule has 25 heavy (non-hydrogen) atoms. The van der Waals surface area contributed by atoms with Gasteiger partial charge in [0.2, 0.25) is 0 Å². The van der Waals surface area contributed by atoms with E-state index >= 15 is 0 Å². The molecule has 0 spiro atoms. The Bertz CT molecular complexity index is 929. The molecule has 1 saturated carbocycles. The van der Waals surface area contributed by atoms with E-state index in [0.717, 1.165) is 55.1 Å². The molecule has 3 heterocycles. The zero-order valence-corrected chi connectivity index (χ0v) is 14.1. The van der Waals surface area contributed by atoms with Crippen molar-refractivity contribution >= 4 is 10.9 Å². The van der Waals surface area contributed by atoms with E-state index < -0.39 is 0 Å². The average Bonchev–Trinajstić information content (AvgIpc) is 3.34. The summed E-state index contributed by atoms with van der Waals surface area (Å²) in [5, 5.41) is 1.10. The zero-order valence-electron chi connectivity index (χ0n) is 14.1. The van der Waals surface area contributed by atoms with Crippen molar-refractivity contribution in [3.8, 4) is 0 Å². The van der Waals surface area contributed by atoms with Gasteiger partial charge in [0.05, 0.1) is 5.69 Å². The Morgan fingerprint density at radius 2 is 2.20 bits per heavy atom. The van der Waals surface area contributed by atoms with Crippen molar-refractivity contribution in [2.24, 2.45) is 5.92 Å². The molecular weight excluding hydrogens is 315 g/mol. The number of aromatic nitrogens is 3. The SMILES string of the molecule is Fc1ccc2c(CN3CCc4cnc(CC5CC5)nc4C3)c[nH]c2c1. The van der Waals surface area contributed by atoms with Crippen molar-refractivity contribution < 1.29 is 4.39 Å². The maximum Gasteiger partial charge on any atom is 0.128 e. The molecule has 0 bridgehead atoms. The molecule has 1 aromatic carbocycles. The second-order valence-electron chi connectivity index (χ2n) is 7.37. The van der Waals surface area contributed by atoms with Crippen LogP contribution in [0.5, 0.6) is 0 Å². The predicted molar refractivity (Wildman–Crippen MR) is 94.5 cm³/mol. The molecule has 1 N–H and O–H groups in total. The molecule has 5 heteroatoms. The molecular formula is C20H21FN4. The number of nitrogens with one attached hydrogen (secondary N) is 1. The number of hydrogen-bond acceptors (Lipinski definition) is 3. The first-order valence-corrected chi connectivity index (χ1v) is 9.06. The minimum atomic E-state index is -0.201. The smallest absolute Gasteiger partial charge is 0.128 e. The molecule has 0 unspecified atom stereocenters. The number of aromatic amines is 1. The van der Waals surface area contributed by atoms with Gasteiger partial charge >= 0.3 is 0 Å². The van der Waals surface area contributed by atoms with E-state index in [2.05, 4.69) is 14.9 Å². The van der Waals surface area contributed by atoms with E-state index in [1.165, 1.54) is 35.7 Å². The van der Waals surface area contributed by atoms with E-state index in [-0.39, 0.29) is 5.82 Å². The van der Waals surface area contributed by atoms with E-state index in [9.17, 15) is 4.39 Å². The quantitative estimate of drug-likeness (QED) is 0.792. The fourth-order valence-electron chi connectivity index (χ4n) is 3.74. The van der Waals surface area contributed by atoms with Gasteiger partial charge < -0.3 is 4.98 Å². The summed E-state index contributed by atoms with van der Waals surface area (Å²) in [5.41, 5.74) is 4.55. The summed E-state index contributed by atoms with van der Waals surface area (Å²) in [6.45, 7) is 2.72. The fourth-order valence-corrected chi connectivity index (χ4v) is 3.74. The van der Waals surface area contributed by atoms with Gasteiger partial charge in [-0.2, -0.15) is 0 Å². The molecule has 128 valence electrons. The third-order valence-electron chi connectivity index (χ3n) is 5.37. The van der Waals surface area contributed by atoms with Gasteiger partial charge in [0.15, 0.2) is 0 Å². The van der Waals surface area contributed by atoms with Crippen molar-refractivity contribution in [3.05, 3.63) is 59.1 Å². The van der Waals surface area contributed by atoms with Crippen LogP contribution in [0, 0.1) is 11.7 Å². The van der Waals surface area contributed by atoms with Crippen LogP contribution in [0.3, 0.4) is 0 Å². The van der Waals surface area contributed by atoms with Crippen molar-refractivity contribution in [1.29, 1.82) is 0 Å². The van der Waals surface area contributed by atoms with E-state index in [0.29, 0.717) is 0 Å².